The third-order valence-corrected chi connectivity index (χ3v) is 4.36. The van der Waals surface area contributed by atoms with Gasteiger partial charge in [0.2, 0.25) is 0 Å². The monoisotopic (exact) mass is 311 g/mol. The predicted octanol–water partition coefficient (Wildman–Crippen LogP) is 3.54. The number of hydrogen-bond acceptors (Lipinski definition) is 3. The van der Waals surface area contributed by atoms with Gasteiger partial charge in [-0.2, -0.15) is 0 Å². The van der Waals surface area contributed by atoms with Crippen LogP contribution in [-0.4, -0.2) is 22.9 Å². The summed E-state index contributed by atoms with van der Waals surface area (Å²) in [5.41, 5.74) is 4.10. The molecular weight excluding hydrogens is 290 g/mol. The Balaban J connectivity index is 2.13. The average molecular weight is 311 g/mol. The summed E-state index contributed by atoms with van der Waals surface area (Å²) in [5, 5.41) is 0. The van der Waals surface area contributed by atoms with Crippen molar-refractivity contribution in [2.24, 2.45) is 0 Å². The molecule has 0 N–H and O–H groups in total. The Morgan fingerprint density at radius 2 is 1.96 bits per heavy atom. The number of nitrogens with zero attached hydrogens (tertiary/aromatic N) is 1. The van der Waals surface area contributed by atoms with E-state index < -0.39 is 0 Å². The van der Waals surface area contributed by atoms with Crippen LogP contribution in [0.2, 0.25) is 0 Å². The number of ether oxygens (including phenoxy) is 1. The molecule has 1 aliphatic rings. The first-order chi connectivity index (χ1) is 11.1. The fraction of sp³-hybridized carbons (Fsp3) is 0.368. The molecule has 1 aliphatic carbocycles. The van der Waals surface area contributed by atoms with Crippen molar-refractivity contribution in [3.05, 3.63) is 58.4 Å². The number of esters is 1. The fourth-order valence-electron chi connectivity index (χ4n) is 3.38. The van der Waals surface area contributed by atoms with Gasteiger partial charge in [-0.15, -0.1) is 0 Å². The molecule has 1 aromatic carbocycles. The van der Waals surface area contributed by atoms with Gasteiger partial charge in [-0.25, -0.2) is 4.79 Å². The van der Waals surface area contributed by atoms with Crippen LogP contribution in [-0.2, 0) is 17.7 Å². The third-order valence-electron chi connectivity index (χ3n) is 4.36. The lowest BCUT2D eigenvalue weighted by molar-refractivity contribution is 0.0513. The first-order valence-electron chi connectivity index (χ1n) is 8.09. The van der Waals surface area contributed by atoms with Gasteiger partial charge in [0.1, 0.15) is 5.69 Å². The van der Waals surface area contributed by atoms with E-state index in [1.807, 2.05) is 41.8 Å². The minimum atomic E-state index is -0.344. The first-order valence-corrected chi connectivity index (χ1v) is 8.09. The first kappa shape index (κ1) is 15.5. The normalized spacial score (nSPS) is 13.7. The van der Waals surface area contributed by atoms with E-state index in [-0.39, 0.29) is 11.8 Å². The van der Waals surface area contributed by atoms with Crippen molar-refractivity contribution in [2.45, 2.75) is 39.7 Å². The van der Waals surface area contributed by atoms with Gasteiger partial charge in [0, 0.05) is 24.2 Å². The van der Waals surface area contributed by atoms with Gasteiger partial charge >= 0.3 is 5.97 Å². The van der Waals surface area contributed by atoms with Gasteiger partial charge in [0.05, 0.1) is 6.61 Å². The summed E-state index contributed by atoms with van der Waals surface area (Å²) >= 11 is 0. The predicted molar refractivity (Wildman–Crippen MR) is 87.9 cm³/mol. The van der Waals surface area contributed by atoms with E-state index in [4.69, 9.17) is 4.74 Å². The van der Waals surface area contributed by atoms with Gasteiger partial charge < -0.3 is 9.30 Å². The molecule has 4 heteroatoms. The van der Waals surface area contributed by atoms with Crippen LogP contribution >= 0.6 is 0 Å². The van der Waals surface area contributed by atoms with E-state index in [1.165, 1.54) is 0 Å². The van der Waals surface area contributed by atoms with Crippen LogP contribution in [0.15, 0.2) is 30.3 Å². The van der Waals surface area contributed by atoms with Gasteiger partial charge in [-0.1, -0.05) is 30.3 Å². The highest BCUT2D eigenvalue weighted by molar-refractivity contribution is 6.03. The van der Waals surface area contributed by atoms with E-state index in [0.29, 0.717) is 25.3 Å². The number of hydrogen-bond donors (Lipinski definition) is 0. The quantitative estimate of drug-likeness (QED) is 0.811. The SMILES string of the molecule is CCOC(=O)c1c(C)c2c(n1Cc1ccccc1)CCCC2=O. The molecule has 0 saturated heterocycles. The number of rotatable bonds is 4. The molecule has 0 amide bonds. The molecule has 120 valence electrons. The standard InChI is InChI=1S/C19H21NO3/c1-3-23-19(22)18-13(2)17-15(10-7-11-16(17)21)20(18)12-14-8-5-4-6-9-14/h4-6,8-9H,3,7,10-12H2,1-2H3. The zero-order chi connectivity index (χ0) is 16.4. The molecule has 0 spiro atoms. The minimum absolute atomic E-state index is 0.140. The maximum atomic E-state index is 12.4. The minimum Gasteiger partial charge on any atom is -0.461 e. The van der Waals surface area contributed by atoms with E-state index in [0.717, 1.165) is 35.2 Å². The molecule has 0 aliphatic heterocycles. The lowest BCUT2D eigenvalue weighted by Crippen LogP contribution is -2.17. The molecule has 1 aromatic heterocycles. The van der Waals surface area contributed by atoms with Crippen molar-refractivity contribution in [1.29, 1.82) is 0 Å². The highest BCUT2D eigenvalue weighted by atomic mass is 16.5. The van der Waals surface area contributed by atoms with E-state index in [9.17, 15) is 9.59 Å². The van der Waals surface area contributed by atoms with Crippen LogP contribution in [0.4, 0.5) is 0 Å². The highest BCUT2D eigenvalue weighted by Crippen LogP contribution is 2.31. The molecule has 3 rings (SSSR count). The molecule has 1 heterocycles. The Bertz CT molecular complexity index is 744. The van der Waals surface area contributed by atoms with Crippen LogP contribution in [0.3, 0.4) is 0 Å². The summed E-state index contributed by atoms with van der Waals surface area (Å²) in [6, 6.07) is 9.99. The highest BCUT2D eigenvalue weighted by Gasteiger charge is 2.30. The van der Waals surface area contributed by atoms with Crippen LogP contribution in [0.5, 0.6) is 0 Å². The number of carbonyl (C=O) groups excluding carboxylic acids is 2. The van der Waals surface area contributed by atoms with Gasteiger partial charge in [-0.3, -0.25) is 4.79 Å². The molecule has 4 nitrogen and oxygen atoms in total. The molecule has 2 aromatic rings. The number of Topliss-reactive ketones (excluding diaryl/α,β-unsaturated/α-hetero) is 1. The third kappa shape index (κ3) is 2.81. The van der Waals surface area contributed by atoms with Crippen molar-refractivity contribution in [1.82, 2.24) is 4.57 Å². The molecule has 0 bridgehead atoms. The maximum Gasteiger partial charge on any atom is 0.355 e. The topological polar surface area (TPSA) is 48.3 Å². The molecule has 23 heavy (non-hydrogen) atoms. The number of benzene rings is 1. The average Bonchev–Trinajstić information content (AvgIpc) is 2.82. The molecule has 0 fully saturated rings. The molecule has 0 unspecified atom stereocenters. The Hall–Kier alpha value is -2.36. The summed E-state index contributed by atoms with van der Waals surface area (Å²) in [6.45, 7) is 4.56. The van der Waals surface area contributed by atoms with Crippen molar-refractivity contribution < 1.29 is 14.3 Å². The summed E-state index contributed by atoms with van der Waals surface area (Å²) in [6.07, 6.45) is 2.23. The second-order valence-electron chi connectivity index (χ2n) is 5.86. The van der Waals surface area contributed by atoms with Crippen LogP contribution in [0, 0.1) is 6.92 Å². The number of fused-ring (bicyclic) bond motifs is 1. The van der Waals surface area contributed by atoms with Crippen molar-refractivity contribution in [2.75, 3.05) is 6.61 Å². The van der Waals surface area contributed by atoms with Gasteiger partial charge in [0.25, 0.3) is 0 Å². The van der Waals surface area contributed by atoms with Crippen molar-refractivity contribution >= 4 is 11.8 Å². The zero-order valence-electron chi connectivity index (χ0n) is 13.6. The molecule has 0 atom stereocenters. The summed E-state index contributed by atoms with van der Waals surface area (Å²) < 4.78 is 7.21. The number of carbonyl (C=O) groups is 2. The molecular formula is C19H21NO3. The molecule has 0 radical (unpaired) electrons. The Kier molecular flexibility index (Phi) is 4.33. The van der Waals surface area contributed by atoms with Crippen molar-refractivity contribution in [3.63, 3.8) is 0 Å². The smallest absolute Gasteiger partial charge is 0.355 e. The van der Waals surface area contributed by atoms with Gasteiger partial charge in [-0.05, 0) is 37.8 Å². The van der Waals surface area contributed by atoms with Crippen LogP contribution < -0.4 is 0 Å². The van der Waals surface area contributed by atoms with E-state index in [1.54, 1.807) is 6.92 Å². The van der Waals surface area contributed by atoms with E-state index in [2.05, 4.69) is 0 Å². The Labute approximate surface area is 136 Å². The summed E-state index contributed by atoms with van der Waals surface area (Å²) in [5.74, 6) is -0.204. The molecule has 0 saturated carbocycles. The largest absolute Gasteiger partial charge is 0.461 e. The van der Waals surface area contributed by atoms with E-state index >= 15 is 0 Å². The summed E-state index contributed by atoms with van der Waals surface area (Å²) in [7, 11) is 0. The maximum absolute atomic E-state index is 12.4. The van der Waals surface area contributed by atoms with Crippen LogP contribution in [0.1, 0.15) is 57.4 Å². The summed E-state index contributed by atoms with van der Waals surface area (Å²) in [4.78, 5) is 24.8. The fourth-order valence-corrected chi connectivity index (χ4v) is 3.38. The second kappa shape index (κ2) is 6.41. The number of ketones is 1. The zero-order valence-corrected chi connectivity index (χ0v) is 13.6. The van der Waals surface area contributed by atoms with Crippen molar-refractivity contribution in [3.8, 4) is 0 Å². The lowest BCUT2D eigenvalue weighted by atomic mass is 9.93. The number of aromatic nitrogens is 1. The van der Waals surface area contributed by atoms with Gasteiger partial charge in [0.15, 0.2) is 5.78 Å². The lowest BCUT2D eigenvalue weighted by Gasteiger charge is -2.16. The van der Waals surface area contributed by atoms with Crippen LogP contribution in [0.25, 0.3) is 0 Å². The second-order valence-corrected chi connectivity index (χ2v) is 5.86. The Morgan fingerprint density at radius 1 is 1.22 bits per heavy atom. The Morgan fingerprint density at radius 3 is 2.65 bits per heavy atom.